The lowest BCUT2D eigenvalue weighted by molar-refractivity contribution is 0.701. The lowest BCUT2D eigenvalue weighted by atomic mass is 10.2. The minimum absolute atomic E-state index is 1.27. The third-order valence-electron chi connectivity index (χ3n) is 1.31. The van der Waals surface area contributed by atoms with Crippen LogP contribution in [0, 0.1) is 0 Å². The van der Waals surface area contributed by atoms with Crippen molar-refractivity contribution in [3.8, 4) is 0 Å². The third-order valence-corrected chi connectivity index (χ3v) is 5.80. The lowest BCUT2D eigenvalue weighted by Crippen LogP contribution is -2.04. The average molecular weight is 353 g/mol. The van der Waals surface area contributed by atoms with Crippen LogP contribution in [-0.2, 0) is 0 Å². The van der Waals surface area contributed by atoms with Gasteiger partial charge < -0.3 is 0 Å². The van der Waals surface area contributed by atoms with Crippen molar-refractivity contribution in [3.63, 3.8) is 0 Å². The van der Waals surface area contributed by atoms with Gasteiger partial charge in [-0.15, -0.1) is 0 Å². The predicted molar refractivity (Wildman–Crippen MR) is 61.5 cm³/mol. The van der Waals surface area contributed by atoms with E-state index in [1.165, 1.54) is 31.7 Å². The van der Waals surface area contributed by atoms with Crippen molar-refractivity contribution in [2.45, 2.75) is 38.7 Å². The summed E-state index contributed by atoms with van der Waals surface area (Å²) in [6, 6.07) is 1.27. The fourth-order valence-corrected chi connectivity index (χ4v) is 3.93. The van der Waals surface area contributed by atoms with Gasteiger partial charge in [-0.1, -0.05) is 78.5 Å². The second-order valence-electron chi connectivity index (χ2n) is 2.43. The standard InChI is InChI=1S/C6H13Br3Si/c1-2-3-4-5-6-10(7,8)9/h2-6H2,1H3. The van der Waals surface area contributed by atoms with E-state index in [2.05, 4.69) is 52.8 Å². The summed E-state index contributed by atoms with van der Waals surface area (Å²) in [5.74, 6) is 0. The summed E-state index contributed by atoms with van der Waals surface area (Å²) in [5, 5.41) is 0. The first kappa shape index (κ1) is 11.7. The van der Waals surface area contributed by atoms with E-state index < -0.39 is 3.93 Å². The Morgan fingerprint density at radius 2 is 1.60 bits per heavy atom. The molecule has 0 aromatic heterocycles. The van der Waals surface area contributed by atoms with Gasteiger partial charge in [0.25, 0.3) is 3.93 Å². The van der Waals surface area contributed by atoms with Crippen molar-refractivity contribution in [1.82, 2.24) is 0 Å². The van der Waals surface area contributed by atoms with Crippen molar-refractivity contribution in [3.05, 3.63) is 0 Å². The van der Waals surface area contributed by atoms with Crippen molar-refractivity contribution in [2.24, 2.45) is 0 Å². The third kappa shape index (κ3) is 9.66. The Kier molecular flexibility index (Phi) is 7.23. The second-order valence-corrected chi connectivity index (χ2v) is 25.9. The molecule has 0 spiro atoms. The maximum Gasteiger partial charge on any atom is 0.267 e. The van der Waals surface area contributed by atoms with Crippen molar-refractivity contribution in [2.75, 3.05) is 0 Å². The highest BCUT2D eigenvalue weighted by Gasteiger charge is 2.20. The average Bonchev–Trinajstić information content (AvgIpc) is 1.78. The summed E-state index contributed by atoms with van der Waals surface area (Å²) < 4.78 is -1.27. The van der Waals surface area contributed by atoms with Crippen LogP contribution in [0.15, 0.2) is 0 Å². The van der Waals surface area contributed by atoms with Gasteiger partial charge in [-0.05, 0) is 6.04 Å². The maximum absolute atomic E-state index is 3.60. The Balaban J connectivity index is 3.04. The summed E-state index contributed by atoms with van der Waals surface area (Å²) in [4.78, 5) is 0. The van der Waals surface area contributed by atoms with Crippen LogP contribution >= 0.6 is 45.9 Å². The molecule has 0 heterocycles. The zero-order valence-electron chi connectivity index (χ0n) is 6.17. The van der Waals surface area contributed by atoms with Crippen LogP contribution < -0.4 is 0 Å². The molecule has 0 amide bonds. The zero-order chi connectivity index (χ0) is 8.04. The number of hydrogen-bond donors (Lipinski definition) is 0. The van der Waals surface area contributed by atoms with E-state index in [0.29, 0.717) is 0 Å². The molecule has 0 N–H and O–H groups in total. The smallest absolute Gasteiger partial charge is 0.0964 e. The van der Waals surface area contributed by atoms with E-state index in [1.807, 2.05) is 0 Å². The first-order valence-corrected chi connectivity index (χ1v) is 12.6. The molecule has 0 aromatic carbocycles. The summed E-state index contributed by atoms with van der Waals surface area (Å²) >= 11 is 10.8. The van der Waals surface area contributed by atoms with Crippen LogP contribution in [0.25, 0.3) is 0 Å². The van der Waals surface area contributed by atoms with Gasteiger partial charge in [0.1, 0.15) is 0 Å². The van der Waals surface area contributed by atoms with Crippen LogP contribution in [0.3, 0.4) is 0 Å². The van der Waals surface area contributed by atoms with Gasteiger partial charge in [-0.2, -0.15) is 0 Å². The molecule has 0 fully saturated rings. The number of unbranched alkanes of at least 4 members (excludes halogenated alkanes) is 3. The van der Waals surface area contributed by atoms with Crippen LogP contribution in [0.2, 0.25) is 6.04 Å². The molecule has 0 nitrogen and oxygen atoms in total. The Morgan fingerprint density at radius 3 is 2.00 bits per heavy atom. The molecule has 4 heteroatoms. The Hall–Kier alpha value is 1.66. The Bertz CT molecular complexity index is 79.6. The monoisotopic (exact) mass is 350 g/mol. The molecule has 0 radical (unpaired) electrons. The first-order valence-electron chi connectivity index (χ1n) is 3.63. The normalized spacial score (nSPS) is 12.0. The van der Waals surface area contributed by atoms with E-state index in [9.17, 15) is 0 Å². The number of halogens is 3. The van der Waals surface area contributed by atoms with Gasteiger partial charge in [-0.25, -0.2) is 0 Å². The molecular formula is C6H13Br3Si. The summed E-state index contributed by atoms with van der Waals surface area (Å²) in [7, 11) is 0. The van der Waals surface area contributed by atoms with Gasteiger partial charge in [-0.3, -0.25) is 0 Å². The molecule has 0 aliphatic rings. The zero-order valence-corrected chi connectivity index (χ0v) is 11.9. The largest absolute Gasteiger partial charge is 0.267 e. The molecule has 10 heavy (non-hydrogen) atoms. The summed E-state index contributed by atoms with van der Waals surface area (Å²) in [6.45, 7) is 2.24. The van der Waals surface area contributed by atoms with E-state index in [-0.39, 0.29) is 0 Å². The SMILES string of the molecule is CCCCCC[Si](Br)(Br)Br. The van der Waals surface area contributed by atoms with Crippen molar-refractivity contribution in [1.29, 1.82) is 0 Å². The predicted octanol–water partition coefficient (Wildman–Crippen LogP) is 4.69. The van der Waals surface area contributed by atoms with Gasteiger partial charge >= 0.3 is 0 Å². The quantitative estimate of drug-likeness (QED) is 0.382. The van der Waals surface area contributed by atoms with Crippen LogP contribution in [0.1, 0.15) is 32.6 Å². The summed E-state index contributed by atoms with van der Waals surface area (Å²) in [6.07, 6.45) is 5.40. The molecule has 62 valence electrons. The van der Waals surface area contributed by atoms with E-state index >= 15 is 0 Å². The topological polar surface area (TPSA) is 0 Å². The number of rotatable bonds is 5. The fraction of sp³-hybridized carbons (Fsp3) is 1.00. The van der Waals surface area contributed by atoms with Gasteiger partial charge in [0.05, 0.1) is 0 Å². The minimum atomic E-state index is -1.27. The molecule has 0 unspecified atom stereocenters. The molecule has 0 saturated carbocycles. The Labute approximate surface area is 87.9 Å². The molecular weight excluding hydrogens is 340 g/mol. The fourth-order valence-electron chi connectivity index (χ4n) is 0.752. The molecule has 0 atom stereocenters. The molecule has 0 saturated heterocycles. The highest BCUT2D eigenvalue weighted by Crippen LogP contribution is 2.33. The molecule has 0 rings (SSSR count). The van der Waals surface area contributed by atoms with Gasteiger partial charge in [0.15, 0.2) is 0 Å². The second kappa shape index (κ2) is 6.20. The Morgan fingerprint density at radius 1 is 1.00 bits per heavy atom. The number of hydrogen-bond acceptors (Lipinski definition) is 0. The van der Waals surface area contributed by atoms with Crippen LogP contribution in [-0.4, -0.2) is 3.93 Å². The van der Waals surface area contributed by atoms with E-state index in [0.717, 1.165) is 0 Å². The minimum Gasteiger partial charge on any atom is -0.0964 e. The van der Waals surface area contributed by atoms with E-state index in [1.54, 1.807) is 0 Å². The highest BCUT2D eigenvalue weighted by molar-refractivity contribution is 9.72. The van der Waals surface area contributed by atoms with Gasteiger partial charge in [0.2, 0.25) is 0 Å². The lowest BCUT2D eigenvalue weighted by Gasteiger charge is -2.07. The van der Waals surface area contributed by atoms with Crippen molar-refractivity contribution < 1.29 is 0 Å². The molecule has 0 aromatic rings. The van der Waals surface area contributed by atoms with Crippen LogP contribution in [0.4, 0.5) is 0 Å². The highest BCUT2D eigenvalue weighted by atomic mass is 80.0. The molecule has 0 aliphatic heterocycles. The maximum atomic E-state index is 3.60. The summed E-state index contributed by atoms with van der Waals surface area (Å²) in [5.41, 5.74) is 0. The van der Waals surface area contributed by atoms with E-state index in [4.69, 9.17) is 0 Å². The van der Waals surface area contributed by atoms with Crippen LogP contribution in [0.5, 0.6) is 0 Å². The molecule has 0 aliphatic carbocycles. The van der Waals surface area contributed by atoms with Crippen molar-refractivity contribution >= 4 is 49.8 Å². The van der Waals surface area contributed by atoms with Gasteiger partial charge in [0, 0.05) is 0 Å². The molecule has 0 bridgehead atoms. The first-order chi connectivity index (χ1) is 4.56.